The molecule has 0 N–H and O–H groups in total. The van der Waals surface area contributed by atoms with Gasteiger partial charge < -0.3 is 9.64 Å². The van der Waals surface area contributed by atoms with E-state index in [4.69, 9.17) is 4.74 Å². The maximum atomic E-state index is 12.9. The average Bonchev–Trinajstić information content (AvgIpc) is 3.05. The summed E-state index contributed by atoms with van der Waals surface area (Å²) < 4.78 is 5.29. The minimum Gasteiger partial charge on any atom is -0.383 e. The van der Waals surface area contributed by atoms with Gasteiger partial charge >= 0.3 is 0 Å². The summed E-state index contributed by atoms with van der Waals surface area (Å²) in [5, 5.41) is 0. The Kier molecular flexibility index (Phi) is 5.08. The first-order valence-electron chi connectivity index (χ1n) is 8.01. The van der Waals surface area contributed by atoms with Crippen molar-refractivity contribution in [3.05, 3.63) is 41.0 Å². The highest BCUT2D eigenvalue weighted by molar-refractivity contribution is 7.17. The van der Waals surface area contributed by atoms with Crippen LogP contribution in [0.3, 0.4) is 0 Å². The zero-order chi connectivity index (χ0) is 16.2. The number of amides is 1. The summed E-state index contributed by atoms with van der Waals surface area (Å²) >= 11 is 1.56. The molecule has 1 atom stereocenters. The van der Waals surface area contributed by atoms with E-state index >= 15 is 0 Å². The highest BCUT2D eigenvalue weighted by Crippen LogP contribution is 2.31. The normalized spacial score (nSPS) is 18.2. The predicted molar refractivity (Wildman–Crippen MR) is 92.8 cm³/mol. The fraction of sp³-hybridized carbons (Fsp3) is 0.444. The Morgan fingerprint density at radius 2 is 2.26 bits per heavy atom. The van der Waals surface area contributed by atoms with Gasteiger partial charge in [0.25, 0.3) is 5.91 Å². The monoisotopic (exact) mass is 330 g/mol. The Morgan fingerprint density at radius 3 is 3.04 bits per heavy atom. The van der Waals surface area contributed by atoms with Crippen LogP contribution in [-0.2, 0) is 4.74 Å². The summed E-state index contributed by atoms with van der Waals surface area (Å²) in [5.41, 5.74) is 2.28. The van der Waals surface area contributed by atoms with E-state index in [0.29, 0.717) is 6.61 Å². The third kappa shape index (κ3) is 3.46. The lowest BCUT2D eigenvalue weighted by molar-refractivity contribution is 0.0432. The molecule has 3 rings (SSSR count). The number of piperidine rings is 1. The number of rotatable bonds is 4. The van der Waals surface area contributed by atoms with Gasteiger partial charge in [-0.1, -0.05) is 0 Å². The number of thiophene rings is 1. The van der Waals surface area contributed by atoms with Crippen molar-refractivity contribution in [1.82, 2.24) is 9.88 Å². The molecule has 0 saturated carbocycles. The number of aryl methyl sites for hydroxylation is 1. The molecule has 5 heteroatoms. The van der Waals surface area contributed by atoms with Gasteiger partial charge in [-0.05, 0) is 55.5 Å². The topological polar surface area (TPSA) is 42.4 Å². The van der Waals surface area contributed by atoms with Crippen LogP contribution in [0.15, 0.2) is 30.6 Å². The van der Waals surface area contributed by atoms with Gasteiger partial charge in [-0.2, -0.15) is 0 Å². The van der Waals surface area contributed by atoms with E-state index < -0.39 is 0 Å². The molecule has 2 aromatic heterocycles. The van der Waals surface area contributed by atoms with Gasteiger partial charge in [0.15, 0.2) is 0 Å². The van der Waals surface area contributed by atoms with Crippen molar-refractivity contribution in [3.8, 4) is 10.4 Å². The van der Waals surface area contributed by atoms with Crippen molar-refractivity contribution in [3.63, 3.8) is 0 Å². The molecule has 1 unspecified atom stereocenters. The second-order valence-corrected chi connectivity index (χ2v) is 7.04. The second kappa shape index (κ2) is 7.23. The summed E-state index contributed by atoms with van der Waals surface area (Å²) in [7, 11) is 1.70. The van der Waals surface area contributed by atoms with Gasteiger partial charge in [-0.3, -0.25) is 9.78 Å². The van der Waals surface area contributed by atoms with Crippen LogP contribution in [0.2, 0.25) is 0 Å². The Bertz CT molecular complexity index is 681. The van der Waals surface area contributed by atoms with Gasteiger partial charge in [-0.25, -0.2) is 0 Å². The molecule has 23 heavy (non-hydrogen) atoms. The first kappa shape index (κ1) is 16.1. The molecule has 1 aliphatic rings. The van der Waals surface area contributed by atoms with Crippen molar-refractivity contribution in [2.24, 2.45) is 0 Å². The standard InChI is InChI=1S/C18H22N2O2S/c1-13-11-19-9-8-15(13)16-6-7-17(23-16)18(21)20-10-4-3-5-14(20)12-22-2/h6-9,11,14H,3-5,10,12H2,1-2H3. The number of hydrogen-bond donors (Lipinski definition) is 0. The Hall–Kier alpha value is -1.72. The lowest BCUT2D eigenvalue weighted by Gasteiger charge is -2.35. The van der Waals surface area contributed by atoms with E-state index in [1.807, 2.05) is 36.2 Å². The van der Waals surface area contributed by atoms with Crippen LogP contribution in [0.25, 0.3) is 10.4 Å². The number of carbonyl (C=O) groups excluding carboxylic acids is 1. The van der Waals surface area contributed by atoms with E-state index in [2.05, 4.69) is 4.98 Å². The molecule has 0 radical (unpaired) electrons. The largest absolute Gasteiger partial charge is 0.383 e. The van der Waals surface area contributed by atoms with Gasteiger partial charge in [0.1, 0.15) is 0 Å². The number of carbonyl (C=O) groups is 1. The highest BCUT2D eigenvalue weighted by Gasteiger charge is 2.28. The number of hydrogen-bond acceptors (Lipinski definition) is 4. The third-order valence-corrected chi connectivity index (χ3v) is 5.46. The zero-order valence-corrected chi connectivity index (χ0v) is 14.4. The zero-order valence-electron chi connectivity index (χ0n) is 13.6. The first-order valence-corrected chi connectivity index (χ1v) is 8.83. The lowest BCUT2D eigenvalue weighted by atomic mass is 10.0. The van der Waals surface area contributed by atoms with Crippen LogP contribution in [0, 0.1) is 6.92 Å². The van der Waals surface area contributed by atoms with E-state index in [1.165, 1.54) is 6.42 Å². The molecule has 1 saturated heterocycles. The van der Waals surface area contributed by atoms with Gasteiger partial charge in [0, 0.05) is 30.9 Å². The second-order valence-electron chi connectivity index (χ2n) is 5.96. The molecule has 2 aromatic rings. The Balaban J connectivity index is 1.82. The molecule has 1 amide bonds. The van der Waals surface area contributed by atoms with Crippen molar-refractivity contribution in [2.75, 3.05) is 20.3 Å². The molecule has 1 aliphatic heterocycles. The molecule has 3 heterocycles. The first-order chi connectivity index (χ1) is 11.2. The molecule has 1 fully saturated rings. The van der Waals surface area contributed by atoms with Crippen molar-refractivity contribution in [1.29, 1.82) is 0 Å². The molecule has 0 aliphatic carbocycles. The third-order valence-electron chi connectivity index (χ3n) is 4.35. The molecule has 0 spiro atoms. The lowest BCUT2D eigenvalue weighted by Crippen LogP contribution is -2.45. The Morgan fingerprint density at radius 1 is 1.39 bits per heavy atom. The van der Waals surface area contributed by atoms with E-state index in [0.717, 1.165) is 40.3 Å². The number of methoxy groups -OCH3 is 1. The van der Waals surface area contributed by atoms with Crippen LogP contribution in [0.1, 0.15) is 34.5 Å². The molecule has 4 nitrogen and oxygen atoms in total. The van der Waals surface area contributed by atoms with E-state index in [1.54, 1.807) is 24.6 Å². The van der Waals surface area contributed by atoms with Crippen LogP contribution in [-0.4, -0.2) is 42.1 Å². The van der Waals surface area contributed by atoms with Crippen molar-refractivity contribution >= 4 is 17.2 Å². The minimum absolute atomic E-state index is 0.134. The molecular formula is C18H22N2O2S. The fourth-order valence-electron chi connectivity index (χ4n) is 3.12. The number of nitrogens with zero attached hydrogens (tertiary/aromatic N) is 2. The summed E-state index contributed by atoms with van der Waals surface area (Å²) in [4.78, 5) is 20.9. The van der Waals surface area contributed by atoms with Crippen LogP contribution in [0.4, 0.5) is 0 Å². The summed E-state index contributed by atoms with van der Waals surface area (Å²) in [6.07, 6.45) is 6.93. The van der Waals surface area contributed by atoms with Gasteiger partial charge in [0.05, 0.1) is 17.5 Å². The van der Waals surface area contributed by atoms with Gasteiger partial charge in [0.2, 0.25) is 0 Å². The smallest absolute Gasteiger partial charge is 0.264 e. The van der Waals surface area contributed by atoms with Crippen molar-refractivity contribution in [2.45, 2.75) is 32.2 Å². The quantitative estimate of drug-likeness (QED) is 0.857. The SMILES string of the molecule is COCC1CCCCN1C(=O)c1ccc(-c2ccncc2C)s1. The van der Waals surface area contributed by atoms with E-state index in [-0.39, 0.29) is 11.9 Å². The minimum atomic E-state index is 0.134. The maximum Gasteiger partial charge on any atom is 0.264 e. The van der Waals surface area contributed by atoms with Crippen LogP contribution in [0.5, 0.6) is 0 Å². The number of pyridine rings is 1. The summed E-state index contributed by atoms with van der Waals surface area (Å²) in [6.45, 7) is 3.49. The molecular weight excluding hydrogens is 308 g/mol. The predicted octanol–water partition coefficient (Wildman–Crippen LogP) is 3.76. The molecule has 0 bridgehead atoms. The van der Waals surface area contributed by atoms with Crippen LogP contribution >= 0.6 is 11.3 Å². The van der Waals surface area contributed by atoms with Gasteiger partial charge in [-0.15, -0.1) is 11.3 Å². The molecule has 122 valence electrons. The highest BCUT2D eigenvalue weighted by atomic mass is 32.1. The average molecular weight is 330 g/mol. The number of ether oxygens (including phenoxy) is 1. The van der Waals surface area contributed by atoms with Crippen LogP contribution < -0.4 is 0 Å². The van der Waals surface area contributed by atoms with E-state index in [9.17, 15) is 4.79 Å². The van der Waals surface area contributed by atoms with Crippen molar-refractivity contribution < 1.29 is 9.53 Å². The number of likely N-dealkylation sites (tertiary alicyclic amines) is 1. The number of aromatic nitrogens is 1. The fourth-order valence-corrected chi connectivity index (χ4v) is 4.18. The summed E-state index contributed by atoms with van der Waals surface area (Å²) in [5.74, 6) is 0.134. The summed E-state index contributed by atoms with van der Waals surface area (Å²) in [6, 6.07) is 6.19. The maximum absolute atomic E-state index is 12.9. The Labute approximate surface area is 141 Å². The molecule has 0 aromatic carbocycles.